The average Bonchev–Trinajstić information content (AvgIpc) is 2.42. The lowest BCUT2D eigenvalue weighted by Crippen LogP contribution is -1.82. The zero-order valence-electron chi connectivity index (χ0n) is 10.7. The third kappa shape index (κ3) is 13.2. The molecule has 20 heavy (non-hydrogen) atoms. The van der Waals surface area contributed by atoms with Crippen LogP contribution in [0.1, 0.15) is 0 Å². The van der Waals surface area contributed by atoms with Crippen molar-refractivity contribution >= 4 is 5.97 Å². The van der Waals surface area contributed by atoms with Crippen molar-refractivity contribution in [2.24, 2.45) is 0 Å². The minimum Gasteiger partial charge on any atom is -0.508 e. The summed E-state index contributed by atoms with van der Waals surface area (Å²) in [6, 6.07) is 17.4. The molecule has 0 amide bonds. The van der Waals surface area contributed by atoms with Crippen LogP contribution in [-0.4, -0.2) is 21.3 Å². The molecule has 3 N–H and O–H groups in total. The van der Waals surface area contributed by atoms with E-state index in [1.807, 2.05) is 12.1 Å². The van der Waals surface area contributed by atoms with E-state index in [4.69, 9.17) is 15.3 Å². The number of carboxylic acid groups (broad SMARTS) is 1. The first-order chi connectivity index (χ1) is 9.06. The largest absolute Gasteiger partial charge is 0.508 e. The van der Waals surface area contributed by atoms with Gasteiger partial charge in [0.05, 0.1) is 0 Å². The normalized spacial score (nSPS) is 7.60. The lowest BCUT2D eigenvalue weighted by atomic mass is 10.3. The van der Waals surface area contributed by atoms with E-state index >= 15 is 0 Å². The fourth-order valence-electron chi connectivity index (χ4n) is 0.856. The minimum absolute atomic E-state index is 0. The van der Waals surface area contributed by atoms with Crippen molar-refractivity contribution in [2.45, 2.75) is 0 Å². The Morgan fingerprint density at radius 3 is 1.20 bits per heavy atom. The molecule has 0 fully saturated rings. The second-order valence-corrected chi connectivity index (χ2v) is 3.21. The zero-order valence-corrected chi connectivity index (χ0v) is 10.7. The molecule has 0 atom stereocenters. The van der Waals surface area contributed by atoms with Crippen LogP contribution >= 0.6 is 0 Å². The maximum absolute atomic E-state index is 9.25. The SMILES string of the molecule is C=CC(=O)O.F.Oc1ccccc1.Oc1ccccc1. The number of aromatic hydroxyl groups is 2. The van der Waals surface area contributed by atoms with Gasteiger partial charge in [-0.05, 0) is 24.3 Å². The van der Waals surface area contributed by atoms with Gasteiger partial charge in [0.2, 0.25) is 0 Å². The Kier molecular flexibility index (Phi) is 12.3. The molecule has 4 nitrogen and oxygen atoms in total. The predicted molar refractivity (Wildman–Crippen MR) is 76.5 cm³/mol. The molecule has 2 aromatic rings. The molecule has 0 aromatic heterocycles. The minimum atomic E-state index is -0.981. The average molecular weight is 280 g/mol. The highest BCUT2D eigenvalue weighted by atomic mass is 19.0. The number of phenolic OH excluding ortho intramolecular Hbond substituents is 2. The van der Waals surface area contributed by atoms with Crippen LogP contribution in [0, 0.1) is 0 Å². The standard InChI is InChI=1S/2C6H6O.C3H4O2.FH/c2*7-6-4-2-1-3-5-6;1-2-3(4)5;/h2*1-5,7H;2H,1H2,(H,4,5);1H. The number of benzene rings is 2. The number of halogens is 1. The van der Waals surface area contributed by atoms with E-state index < -0.39 is 5.97 Å². The number of phenols is 2. The number of carboxylic acids is 1. The van der Waals surface area contributed by atoms with Crippen molar-refractivity contribution in [3.8, 4) is 11.5 Å². The summed E-state index contributed by atoms with van der Waals surface area (Å²) >= 11 is 0. The molecule has 0 saturated heterocycles. The number of aliphatic carboxylic acids is 1. The maximum atomic E-state index is 9.25. The summed E-state index contributed by atoms with van der Waals surface area (Å²) in [6.45, 7) is 2.96. The molecule has 2 aromatic carbocycles. The van der Waals surface area contributed by atoms with Gasteiger partial charge in [-0.2, -0.15) is 0 Å². The molecule has 108 valence electrons. The highest BCUT2D eigenvalue weighted by Crippen LogP contribution is 2.03. The number of carbonyl (C=O) groups is 1. The quantitative estimate of drug-likeness (QED) is 0.701. The van der Waals surface area contributed by atoms with Gasteiger partial charge < -0.3 is 15.3 Å². The molecule has 0 saturated carbocycles. The summed E-state index contributed by atoms with van der Waals surface area (Å²) in [5.41, 5.74) is 0. The molecule has 0 heterocycles. The van der Waals surface area contributed by atoms with Gasteiger partial charge in [-0.1, -0.05) is 43.0 Å². The Bertz CT molecular complexity index is 434. The van der Waals surface area contributed by atoms with Gasteiger partial charge in [-0.15, -0.1) is 0 Å². The Morgan fingerprint density at radius 2 is 1.10 bits per heavy atom. The van der Waals surface area contributed by atoms with E-state index in [0.717, 1.165) is 6.08 Å². The third-order valence-electron chi connectivity index (χ3n) is 1.69. The van der Waals surface area contributed by atoms with Crippen LogP contribution < -0.4 is 0 Å². The molecule has 0 aliphatic rings. The summed E-state index contributed by atoms with van der Waals surface area (Å²) in [6.07, 6.45) is 0.833. The third-order valence-corrected chi connectivity index (χ3v) is 1.69. The first kappa shape index (κ1) is 19.5. The van der Waals surface area contributed by atoms with Crippen LogP contribution in [-0.2, 0) is 4.79 Å². The molecule has 0 aliphatic carbocycles. The Labute approximate surface area is 116 Å². The van der Waals surface area contributed by atoms with Crippen molar-refractivity contribution in [1.82, 2.24) is 0 Å². The molecule has 2 rings (SSSR count). The first-order valence-electron chi connectivity index (χ1n) is 5.39. The van der Waals surface area contributed by atoms with Gasteiger partial charge >= 0.3 is 5.97 Å². The van der Waals surface area contributed by atoms with Gasteiger partial charge in [0.1, 0.15) is 11.5 Å². The fraction of sp³-hybridized carbons (Fsp3) is 0. The summed E-state index contributed by atoms with van der Waals surface area (Å²) in [5.74, 6) is -0.338. The van der Waals surface area contributed by atoms with Crippen LogP contribution in [0.3, 0.4) is 0 Å². The van der Waals surface area contributed by atoms with Crippen molar-refractivity contribution in [3.63, 3.8) is 0 Å². The number of hydrogen-bond acceptors (Lipinski definition) is 3. The fourth-order valence-corrected chi connectivity index (χ4v) is 0.856. The smallest absolute Gasteiger partial charge is 0.327 e. The van der Waals surface area contributed by atoms with Crippen LogP contribution in [0.4, 0.5) is 4.70 Å². The van der Waals surface area contributed by atoms with E-state index in [0.29, 0.717) is 11.5 Å². The zero-order chi connectivity index (χ0) is 14.5. The number of para-hydroxylation sites is 2. The summed E-state index contributed by atoms with van der Waals surface area (Å²) < 4.78 is 0. The van der Waals surface area contributed by atoms with Crippen LogP contribution in [0.2, 0.25) is 0 Å². The Morgan fingerprint density at radius 1 is 0.850 bits per heavy atom. The van der Waals surface area contributed by atoms with Gasteiger partial charge in [0.25, 0.3) is 0 Å². The number of hydrogen-bond donors (Lipinski definition) is 3. The predicted octanol–water partition coefficient (Wildman–Crippen LogP) is 3.19. The topological polar surface area (TPSA) is 77.8 Å². The van der Waals surface area contributed by atoms with Crippen LogP contribution in [0.15, 0.2) is 73.3 Å². The Hall–Kier alpha value is -2.82. The van der Waals surface area contributed by atoms with Crippen molar-refractivity contribution in [1.29, 1.82) is 0 Å². The molecule has 0 spiro atoms. The first-order valence-corrected chi connectivity index (χ1v) is 5.39. The molecule has 0 bridgehead atoms. The molecular weight excluding hydrogens is 263 g/mol. The van der Waals surface area contributed by atoms with E-state index in [9.17, 15) is 4.79 Å². The summed E-state index contributed by atoms with van der Waals surface area (Å²) in [4.78, 5) is 9.25. The molecule has 5 heteroatoms. The number of rotatable bonds is 1. The van der Waals surface area contributed by atoms with Crippen LogP contribution in [0.25, 0.3) is 0 Å². The lowest BCUT2D eigenvalue weighted by molar-refractivity contribution is -0.131. The van der Waals surface area contributed by atoms with Gasteiger partial charge in [0.15, 0.2) is 0 Å². The van der Waals surface area contributed by atoms with Crippen molar-refractivity contribution in [3.05, 3.63) is 73.3 Å². The lowest BCUT2D eigenvalue weighted by Gasteiger charge is -1.82. The highest BCUT2D eigenvalue weighted by Gasteiger charge is 1.75. The monoisotopic (exact) mass is 280 g/mol. The Balaban J connectivity index is 0. The van der Waals surface area contributed by atoms with Crippen LogP contribution in [0.5, 0.6) is 11.5 Å². The summed E-state index contributed by atoms with van der Waals surface area (Å²) in [7, 11) is 0. The van der Waals surface area contributed by atoms with Crippen molar-refractivity contribution in [2.75, 3.05) is 0 Å². The highest BCUT2D eigenvalue weighted by molar-refractivity contribution is 5.78. The molecular formula is C15H17FO4. The van der Waals surface area contributed by atoms with E-state index in [-0.39, 0.29) is 4.70 Å². The maximum Gasteiger partial charge on any atom is 0.327 e. The van der Waals surface area contributed by atoms with Gasteiger partial charge in [0, 0.05) is 6.08 Å². The van der Waals surface area contributed by atoms with E-state index in [2.05, 4.69) is 6.58 Å². The van der Waals surface area contributed by atoms with E-state index in [1.54, 1.807) is 48.5 Å². The molecule has 0 aliphatic heterocycles. The molecule has 0 unspecified atom stereocenters. The molecule has 0 radical (unpaired) electrons. The van der Waals surface area contributed by atoms with Gasteiger partial charge in [-0.25, -0.2) is 4.79 Å². The second-order valence-electron chi connectivity index (χ2n) is 3.21. The summed E-state index contributed by atoms with van der Waals surface area (Å²) in [5, 5.41) is 24.9. The second kappa shape index (κ2) is 12.6. The van der Waals surface area contributed by atoms with E-state index in [1.165, 1.54) is 0 Å². The van der Waals surface area contributed by atoms with Crippen molar-refractivity contribution < 1.29 is 24.8 Å². The van der Waals surface area contributed by atoms with Gasteiger partial charge in [-0.3, -0.25) is 4.70 Å².